The van der Waals surface area contributed by atoms with E-state index < -0.39 is 0 Å². The minimum Gasteiger partial charge on any atom is -0.467 e. The second-order valence-corrected chi connectivity index (χ2v) is 6.79. The van der Waals surface area contributed by atoms with Gasteiger partial charge in [0.25, 0.3) is 5.91 Å². The molecule has 1 aromatic carbocycles. The molecular formula is C19H23ClN2O3. The van der Waals surface area contributed by atoms with E-state index in [-0.39, 0.29) is 11.8 Å². The highest BCUT2D eigenvalue weighted by atomic mass is 35.5. The number of halogens is 1. The first-order valence-corrected chi connectivity index (χ1v) is 8.91. The van der Waals surface area contributed by atoms with Crippen molar-refractivity contribution < 1.29 is 13.9 Å². The van der Waals surface area contributed by atoms with Crippen LogP contribution in [0.1, 0.15) is 34.5 Å². The van der Waals surface area contributed by atoms with E-state index in [4.69, 9.17) is 20.8 Å². The maximum Gasteiger partial charge on any atom is 0.254 e. The minimum atomic E-state index is -0.113. The van der Waals surface area contributed by atoms with E-state index in [0.29, 0.717) is 23.7 Å². The van der Waals surface area contributed by atoms with Crippen LogP contribution in [0.3, 0.4) is 0 Å². The second-order valence-electron chi connectivity index (χ2n) is 6.35. The number of nitrogens with one attached hydrogen (secondary N) is 1. The Morgan fingerprint density at radius 2 is 2.00 bits per heavy atom. The van der Waals surface area contributed by atoms with E-state index in [1.807, 2.05) is 30.3 Å². The van der Waals surface area contributed by atoms with Gasteiger partial charge in [-0.2, -0.15) is 0 Å². The number of morpholine rings is 1. The summed E-state index contributed by atoms with van der Waals surface area (Å²) in [5.74, 6) is 0.900. The number of hydrogen-bond donors (Lipinski definition) is 1. The van der Waals surface area contributed by atoms with Gasteiger partial charge in [-0.05, 0) is 29.7 Å². The largest absolute Gasteiger partial charge is 0.467 e. The highest BCUT2D eigenvalue weighted by Crippen LogP contribution is 2.18. The number of carbonyl (C=O) groups is 1. The molecule has 1 aromatic heterocycles. The maximum absolute atomic E-state index is 12.3. The van der Waals surface area contributed by atoms with Gasteiger partial charge in [-0.25, -0.2) is 0 Å². The Bertz CT molecular complexity index is 693. The molecule has 5 nitrogen and oxygen atoms in total. The summed E-state index contributed by atoms with van der Waals surface area (Å²) in [4.78, 5) is 14.6. The molecule has 1 aliphatic heterocycles. The maximum atomic E-state index is 12.3. The normalized spacial score (nSPS) is 16.6. The summed E-state index contributed by atoms with van der Waals surface area (Å²) in [6, 6.07) is 9.51. The Kier molecular flexibility index (Phi) is 6.13. The Morgan fingerprint density at radius 3 is 2.72 bits per heavy atom. The van der Waals surface area contributed by atoms with Gasteiger partial charge < -0.3 is 14.5 Å². The lowest BCUT2D eigenvalue weighted by Crippen LogP contribution is -2.35. The summed E-state index contributed by atoms with van der Waals surface area (Å²) < 4.78 is 10.9. The van der Waals surface area contributed by atoms with Crippen LogP contribution in [0.4, 0.5) is 0 Å². The number of nitrogens with zero attached hydrogens (tertiary/aromatic N) is 1. The van der Waals surface area contributed by atoms with Crippen LogP contribution in [0.5, 0.6) is 0 Å². The smallest absolute Gasteiger partial charge is 0.254 e. The van der Waals surface area contributed by atoms with Crippen molar-refractivity contribution in [1.29, 1.82) is 0 Å². The molecule has 0 aliphatic carbocycles. The topological polar surface area (TPSA) is 54.7 Å². The molecule has 1 unspecified atom stereocenters. The number of furan rings is 1. The Balaban J connectivity index is 1.50. The van der Waals surface area contributed by atoms with Crippen molar-refractivity contribution in [3.8, 4) is 0 Å². The molecular weight excluding hydrogens is 340 g/mol. The average molecular weight is 363 g/mol. The van der Waals surface area contributed by atoms with Crippen molar-refractivity contribution in [2.45, 2.75) is 19.4 Å². The molecule has 2 heterocycles. The number of ether oxygens (including phenoxy) is 1. The van der Waals surface area contributed by atoms with Gasteiger partial charge in [0.2, 0.25) is 0 Å². The monoisotopic (exact) mass is 362 g/mol. The van der Waals surface area contributed by atoms with E-state index in [1.165, 1.54) is 6.26 Å². The Hall–Kier alpha value is -1.82. The van der Waals surface area contributed by atoms with Crippen molar-refractivity contribution in [2.75, 3.05) is 32.8 Å². The van der Waals surface area contributed by atoms with Crippen molar-refractivity contribution in [3.63, 3.8) is 0 Å². The predicted molar refractivity (Wildman–Crippen MR) is 97.0 cm³/mol. The zero-order valence-corrected chi connectivity index (χ0v) is 15.1. The fourth-order valence-electron chi connectivity index (χ4n) is 2.82. The van der Waals surface area contributed by atoms with E-state index >= 15 is 0 Å². The molecule has 3 rings (SSSR count). The molecule has 0 saturated carbocycles. The van der Waals surface area contributed by atoms with Gasteiger partial charge >= 0.3 is 0 Å². The van der Waals surface area contributed by atoms with Crippen LogP contribution in [0.25, 0.3) is 0 Å². The number of benzene rings is 1. The van der Waals surface area contributed by atoms with Crippen LogP contribution in [0, 0.1) is 0 Å². The van der Waals surface area contributed by atoms with Gasteiger partial charge in [0.15, 0.2) is 0 Å². The summed E-state index contributed by atoms with van der Waals surface area (Å²) in [6.07, 6.45) is 1.53. The molecule has 134 valence electrons. The molecule has 0 radical (unpaired) electrons. The van der Waals surface area contributed by atoms with E-state index in [1.54, 1.807) is 0 Å². The van der Waals surface area contributed by atoms with Gasteiger partial charge in [0.1, 0.15) is 12.0 Å². The summed E-state index contributed by atoms with van der Waals surface area (Å²) in [6.45, 7) is 6.61. The first-order chi connectivity index (χ1) is 12.1. The Morgan fingerprint density at radius 1 is 1.28 bits per heavy atom. The zero-order valence-electron chi connectivity index (χ0n) is 14.3. The van der Waals surface area contributed by atoms with Crippen LogP contribution in [-0.2, 0) is 11.3 Å². The average Bonchev–Trinajstić information content (AvgIpc) is 3.09. The molecule has 1 aliphatic rings. The third kappa shape index (κ3) is 5.08. The van der Waals surface area contributed by atoms with Crippen LogP contribution in [-0.4, -0.2) is 43.7 Å². The summed E-state index contributed by atoms with van der Waals surface area (Å²) >= 11 is 5.91. The van der Waals surface area contributed by atoms with Crippen LogP contribution in [0.2, 0.25) is 5.02 Å². The van der Waals surface area contributed by atoms with E-state index in [9.17, 15) is 4.79 Å². The highest BCUT2D eigenvalue weighted by molar-refractivity contribution is 6.30. The summed E-state index contributed by atoms with van der Waals surface area (Å²) in [7, 11) is 0. The van der Waals surface area contributed by atoms with Crippen molar-refractivity contribution in [1.82, 2.24) is 10.2 Å². The van der Waals surface area contributed by atoms with Crippen molar-refractivity contribution in [3.05, 3.63) is 58.5 Å². The predicted octanol–water partition coefficient (Wildman–Crippen LogP) is 3.30. The minimum absolute atomic E-state index is 0.113. The fourth-order valence-corrected chi connectivity index (χ4v) is 2.95. The first kappa shape index (κ1) is 18.0. The quantitative estimate of drug-likeness (QED) is 0.856. The van der Waals surface area contributed by atoms with E-state index in [2.05, 4.69) is 17.1 Å². The van der Waals surface area contributed by atoms with Crippen LogP contribution in [0.15, 0.2) is 41.0 Å². The standard InChI is InChI=1S/C19H23ClN2O3/c1-14(15-2-4-17(20)5-3-15)11-21-19(23)16-10-18(25-13-16)12-22-6-8-24-9-7-22/h2-5,10,13-14H,6-9,11-12H2,1H3,(H,21,23). The Labute approximate surface area is 152 Å². The number of rotatable bonds is 6. The SMILES string of the molecule is CC(CNC(=O)c1coc(CN2CCOCC2)c1)c1ccc(Cl)cc1. The van der Waals surface area contributed by atoms with Crippen LogP contribution >= 0.6 is 11.6 Å². The number of hydrogen-bond acceptors (Lipinski definition) is 4. The first-order valence-electron chi connectivity index (χ1n) is 8.53. The lowest BCUT2D eigenvalue weighted by atomic mass is 10.0. The summed E-state index contributed by atoms with van der Waals surface area (Å²) in [5.41, 5.74) is 1.71. The molecule has 1 atom stereocenters. The molecule has 0 spiro atoms. The molecule has 1 N–H and O–H groups in total. The molecule has 1 fully saturated rings. The van der Waals surface area contributed by atoms with Gasteiger partial charge in [-0.3, -0.25) is 9.69 Å². The second kappa shape index (κ2) is 8.52. The van der Waals surface area contributed by atoms with Gasteiger partial charge in [0, 0.05) is 24.7 Å². The molecule has 25 heavy (non-hydrogen) atoms. The third-order valence-electron chi connectivity index (χ3n) is 4.41. The lowest BCUT2D eigenvalue weighted by Gasteiger charge is -2.25. The lowest BCUT2D eigenvalue weighted by molar-refractivity contribution is 0.0313. The number of amides is 1. The molecule has 0 bridgehead atoms. The molecule has 2 aromatic rings. The highest BCUT2D eigenvalue weighted by Gasteiger charge is 2.16. The van der Waals surface area contributed by atoms with E-state index in [0.717, 1.165) is 37.6 Å². The number of carbonyl (C=O) groups excluding carboxylic acids is 1. The van der Waals surface area contributed by atoms with Crippen molar-refractivity contribution >= 4 is 17.5 Å². The fraction of sp³-hybridized carbons (Fsp3) is 0.421. The van der Waals surface area contributed by atoms with Crippen LogP contribution < -0.4 is 5.32 Å². The molecule has 1 amide bonds. The van der Waals surface area contributed by atoms with Crippen molar-refractivity contribution in [2.24, 2.45) is 0 Å². The zero-order chi connectivity index (χ0) is 17.6. The summed E-state index contributed by atoms with van der Waals surface area (Å²) in [5, 5.41) is 3.68. The van der Waals surface area contributed by atoms with Gasteiger partial charge in [0.05, 0.1) is 25.3 Å². The van der Waals surface area contributed by atoms with Gasteiger partial charge in [-0.15, -0.1) is 0 Å². The third-order valence-corrected chi connectivity index (χ3v) is 4.66. The van der Waals surface area contributed by atoms with Gasteiger partial charge in [-0.1, -0.05) is 30.7 Å². The molecule has 1 saturated heterocycles. The molecule has 6 heteroatoms.